The average molecular weight is 405 g/mol. The maximum atomic E-state index is 12.2. The van der Waals surface area contributed by atoms with Gasteiger partial charge in [-0.15, -0.1) is 0 Å². The third-order valence-electron chi connectivity index (χ3n) is 2.67. The Balaban J connectivity index is 2.16. The lowest BCUT2D eigenvalue weighted by molar-refractivity contribution is 0.601. The Hall–Kier alpha value is -1.06. The van der Waals surface area contributed by atoms with Crippen LogP contribution in [0.4, 0.5) is 5.69 Å². The van der Waals surface area contributed by atoms with Gasteiger partial charge in [0, 0.05) is 27.7 Å². The first-order chi connectivity index (χ1) is 9.51. The summed E-state index contributed by atoms with van der Waals surface area (Å²) in [5.74, 6) is 0. The van der Waals surface area contributed by atoms with Gasteiger partial charge >= 0.3 is 0 Å². The van der Waals surface area contributed by atoms with Gasteiger partial charge in [0.25, 0.3) is 10.0 Å². The molecule has 0 saturated carbocycles. The van der Waals surface area contributed by atoms with Gasteiger partial charge in [-0.3, -0.25) is 4.72 Å². The van der Waals surface area contributed by atoms with Gasteiger partial charge in [-0.1, -0.05) is 13.0 Å². The SMILES string of the molecule is CCNCc1cc(S(=O)(=O)Nc2cccc(I)c2)c[nH]1. The van der Waals surface area contributed by atoms with Crippen LogP contribution in [0.15, 0.2) is 41.4 Å². The van der Waals surface area contributed by atoms with E-state index in [9.17, 15) is 8.42 Å². The molecule has 108 valence electrons. The van der Waals surface area contributed by atoms with Crippen LogP contribution in [0.2, 0.25) is 0 Å². The van der Waals surface area contributed by atoms with Crippen LogP contribution in [0.3, 0.4) is 0 Å². The summed E-state index contributed by atoms with van der Waals surface area (Å²) < 4.78 is 28.0. The Morgan fingerprint density at radius 3 is 2.80 bits per heavy atom. The zero-order valence-corrected chi connectivity index (χ0v) is 14.0. The monoisotopic (exact) mass is 405 g/mol. The number of anilines is 1. The van der Waals surface area contributed by atoms with E-state index in [1.807, 2.05) is 19.1 Å². The molecule has 7 heteroatoms. The summed E-state index contributed by atoms with van der Waals surface area (Å²) >= 11 is 2.14. The molecule has 3 N–H and O–H groups in total. The van der Waals surface area contributed by atoms with Crippen molar-refractivity contribution in [1.82, 2.24) is 10.3 Å². The molecule has 0 aliphatic heterocycles. The molecule has 1 aromatic heterocycles. The van der Waals surface area contributed by atoms with Crippen LogP contribution < -0.4 is 10.0 Å². The van der Waals surface area contributed by atoms with Crippen molar-refractivity contribution in [3.63, 3.8) is 0 Å². The molecular formula is C13H16IN3O2S. The van der Waals surface area contributed by atoms with Crippen molar-refractivity contribution in [1.29, 1.82) is 0 Å². The average Bonchev–Trinajstić information content (AvgIpc) is 2.85. The highest BCUT2D eigenvalue weighted by atomic mass is 127. The number of hydrogen-bond acceptors (Lipinski definition) is 3. The summed E-state index contributed by atoms with van der Waals surface area (Å²) in [6.45, 7) is 3.45. The van der Waals surface area contributed by atoms with Crippen LogP contribution in [-0.4, -0.2) is 19.9 Å². The molecule has 0 saturated heterocycles. The largest absolute Gasteiger partial charge is 0.363 e. The fourth-order valence-electron chi connectivity index (χ4n) is 1.70. The zero-order chi connectivity index (χ0) is 14.6. The van der Waals surface area contributed by atoms with Crippen molar-refractivity contribution in [2.75, 3.05) is 11.3 Å². The maximum absolute atomic E-state index is 12.2. The smallest absolute Gasteiger partial charge is 0.263 e. The summed E-state index contributed by atoms with van der Waals surface area (Å²) in [6, 6.07) is 8.87. The minimum atomic E-state index is -3.55. The van der Waals surface area contributed by atoms with Gasteiger partial charge in [0.1, 0.15) is 4.90 Å². The topological polar surface area (TPSA) is 74.0 Å². The quantitative estimate of drug-likeness (QED) is 0.647. The molecule has 0 amide bonds. The second-order valence-corrected chi connectivity index (χ2v) is 7.18. The van der Waals surface area contributed by atoms with Crippen LogP contribution in [0.5, 0.6) is 0 Å². The number of H-pyrrole nitrogens is 1. The molecular weight excluding hydrogens is 389 g/mol. The minimum Gasteiger partial charge on any atom is -0.363 e. The second kappa shape index (κ2) is 6.59. The molecule has 0 aliphatic rings. The highest BCUT2D eigenvalue weighted by Crippen LogP contribution is 2.18. The van der Waals surface area contributed by atoms with E-state index in [-0.39, 0.29) is 4.90 Å². The van der Waals surface area contributed by atoms with Crippen molar-refractivity contribution >= 4 is 38.3 Å². The lowest BCUT2D eigenvalue weighted by Crippen LogP contribution is -2.13. The van der Waals surface area contributed by atoms with E-state index in [0.29, 0.717) is 12.2 Å². The molecule has 20 heavy (non-hydrogen) atoms. The van der Waals surface area contributed by atoms with Gasteiger partial charge in [0.15, 0.2) is 0 Å². The summed E-state index contributed by atoms with van der Waals surface area (Å²) in [5, 5.41) is 3.14. The van der Waals surface area contributed by atoms with E-state index in [0.717, 1.165) is 15.8 Å². The molecule has 0 unspecified atom stereocenters. The van der Waals surface area contributed by atoms with E-state index in [2.05, 4.69) is 37.6 Å². The number of rotatable bonds is 6. The summed E-state index contributed by atoms with van der Waals surface area (Å²) in [6.07, 6.45) is 1.50. The van der Waals surface area contributed by atoms with Crippen molar-refractivity contribution in [2.24, 2.45) is 0 Å². The molecule has 2 aromatic rings. The number of nitrogens with one attached hydrogen (secondary N) is 3. The predicted molar refractivity (Wildman–Crippen MR) is 88.1 cm³/mol. The van der Waals surface area contributed by atoms with Crippen LogP contribution >= 0.6 is 22.6 Å². The van der Waals surface area contributed by atoms with E-state index in [4.69, 9.17) is 0 Å². The second-order valence-electron chi connectivity index (χ2n) is 4.26. The van der Waals surface area contributed by atoms with E-state index < -0.39 is 10.0 Å². The third kappa shape index (κ3) is 3.97. The number of aromatic amines is 1. The lowest BCUT2D eigenvalue weighted by Gasteiger charge is -2.06. The molecule has 1 aromatic carbocycles. The molecule has 0 bridgehead atoms. The fraction of sp³-hybridized carbons (Fsp3) is 0.231. The Kier molecular flexibility index (Phi) is 5.06. The first-order valence-electron chi connectivity index (χ1n) is 6.17. The molecule has 0 spiro atoms. The number of aromatic nitrogens is 1. The van der Waals surface area contributed by atoms with E-state index in [1.54, 1.807) is 18.2 Å². The standard InChI is InChI=1S/C13H16IN3O2S/c1-2-15-8-12-7-13(9-16-12)20(18,19)17-11-5-3-4-10(14)6-11/h3-7,9,15-17H,2,8H2,1H3. The molecule has 0 aliphatic carbocycles. The number of halogens is 1. The summed E-state index contributed by atoms with van der Waals surface area (Å²) in [5.41, 5.74) is 1.40. The number of hydrogen-bond donors (Lipinski definition) is 3. The molecule has 0 radical (unpaired) electrons. The lowest BCUT2D eigenvalue weighted by atomic mass is 10.3. The van der Waals surface area contributed by atoms with Crippen LogP contribution in [-0.2, 0) is 16.6 Å². The fourth-order valence-corrected chi connectivity index (χ4v) is 3.31. The molecule has 0 fully saturated rings. The van der Waals surface area contributed by atoms with Crippen molar-refractivity contribution in [3.05, 3.63) is 45.8 Å². The van der Waals surface area contributed by atoms with Crippen LogP contribution in [0, 0.1) is 3.57 Å². The first kappa shape index (κ1) is 15.3. The van der Waals surface area contributed by atoms with Gasteiger partial charge in [-0.05, 0) is 53.4 Å². The Morgan fingerprint density at radius 2 is 2.10 bits per heavy atom. The predicted octanol–water partition coefficient (Wildman–Crippen LogP) is 2.53. The maximum Gasteiger partial charge on any atom is 0.263 e. The Labute approximate surface area is 132 Å². The zero-order valence-electron chi connectivity index (χ0n) is 11.0. The normalized spacial score (nSPS) is 11.5. The number of sulfonamides is 1. The van der Waals surface area contributed by atoms with Crippen LogP contribution in [0.25, 0.3) is 0 Å². The molecule has 5 nitrogen and oxygen atoms in total. The third-order valence-corrected chi connectivity index (χ3v) is 4.70. The van der Waals surface area contributed by atoms with Gasteiger partial charge in [0.05, 0.1) is 0 Å². The van der Waals surface area contributed by atoms with Gasteiger partial charge < -0.3 is 10.3 Å². The van der Waals surface area contributed by atoms with Crippen LogP contribution in [0.1, 0.15) is 12.6 Å². The van der Waals surface area contributed by atoms with Gasteiger partial charge in [-0.25, -0.2) is 8.42 Å². The van der Waals surface area contributed by atoms with Gasteiger partial charge in [0.2, 0.25) is 0 Å². The molecule has 0 atom stereocenters. The molecule has 2 rings (SSSR count). The Morgan fingerprint density at radius 1 is 1.30 bits per heavy atom. The first-order valence-corrected chi connectivity index (χ1v) is 8.74. The van der Waals surface area contributed by atoms with E-state index in [1.165, 1.54) is 6.20 Å². The highest BCUT2D eigenvalue weighted by molar-refractivity contribution is 14.1. The minimum absolute atomic E-state index is 0.240. The van der Waals surface area contributed by atoms with E-state index >= 15 is 0 Å². The van der Waals surface area contributed by atoms with Gasteiger partial charge in [-0.2, -0.15) is 0 Å². The Bertz CT molecular complexity index is 682. The highest BCUT2D eigenvalue weighted by Gasteiger charge is 2.16. The van der Waals surface area contributed by atoms with Crippen molar-refractivity contribution in [3.8, 4) is 0 Å². The van der Waals surface area contributed by atoms with Crippen molar-refractivity contribution in [2.45, 2.75) is 18.4 Å². The summed E-state index contributed by atoms with van der Waals surface area (Å²) in [4.78, 5) is 3.20. The van der Waals surface area contributed by atoms with Crippen molar-refractivity contribution < 1.29 is 8.42 Å². The molecule has 1 heterocycles. The summed E-state index contributed by atoms with van der Waals surface area (Å²) in [7, 11) is -3.55. The number of benzene rings is 1.